The second-order valence-electron chi connectivity index (χ2n) is 4.09. The molecule has 1 heterocycles. The van der Waals surface area contributed by atoms with Crippen LogP contribution in [-0.4, -0.2) is 25.1 Å². The number of nitrogens with zero attached hydrogens (tertiary/aromatic N) is 1. The molecule has 0 saturated carbocycles. The lowest BCUT2D eigenvalue weighted by Crippen LogP contribution is -2.12. The van der Waals surface area contributed by atoms with E-state index in [0.717, 1.165) is 5.56 Å². The maximum atomic E-state index is 12.3. The van der Waals surface area contributed by atoms with Gasteiger partial charge in [-0.2, -0.15) is 0 Å². The third-order valence-electron chi connectivity index (χ3n) is 2.77. The molecule has 0 fully saturated rings. The van der Waals surface area contributed by atoms with Crippen LogP contribution in [-0.2, 0) is 0 Å². The molecular weight excluding hydrogens is 288 g/mol. The molecule has 21 heavy (non-hydrogen) atoms. The van der Waals surface area contributed by atoms with Gasteiger partial charge in [-0.15, -0.1) is 11.3 Å². The van der Waals surface area contributed by atoms with Crippen LogP contribution in [0.1, 0.15) is 22.8 Å². The minimum atomic E-state index is -0.239. The van der Waals surface area contributed by atoms with Gasteiger partial charge in [0.2, 0.25) is 0 Å². The smallest absolute Gasteiger partial charge is 0.257 e. The van der Waals surface area contributed by atoms with Gasteiger partial charge in [-0.05, 0) is 19.1 Å². The molecule has 0 aliphatic carbocycles. The largest absolute Gasteiger partial charge is 0.493 e. The van der Waals surface area contributed by atoms with Crippen LogP contribution in [0.25, 0.3) is 6.08 Å². The Balaban J connectivity index is 2.39. The number of allylic oxidation sites excluding steroid dienone is 1. The van der Waals surface area contributed by atoms with Crippen molar-refractivity contribution in [2.75, 3.05) is 19.5 Å². The van der Waals surface area contributed by atoms with Crippen LogP contribution in [0.4, 0.5) is 5.13 Å². The van der Waals surface area contributed by atoms with Crippen molar-refractivity contribution in [2.45, 2.75) is 6.92 Å². The first-order chi connectivity index (χ1) is 10.2. The van der Waals surface area contributed by atoms with Crippen molar-refractivity contribution in [1.29, 1.82) is 0 Å². The molecule has 1 N–H and O–H groups in total. The summed E-state index contributed by atoms with van der Waals surface area (Å²) in [4.78, 5) is 16.3. The number of methoxy groups -OCH3 is 2. The summed E-state index contributed by atoms with van der Waals surface area (Å²) in [6.45, 7) is 1.90. The number of benzene rings is 1. The highest BCUT2D eigenvalue weighted by atomic mass is 32.1. The van der Waals surface area contributed by atoms with E-state index < -0.39 is 0 Å². The fourth-order valence-electron chi connectivity index (χ4n) is 1.88. The number of anilines is 1. The fraction of sp³-hybridized carbons (Fsp3) is 0.200. The van der Waals surface area contributed by atoms with Crippen molar-refractivity contribution in [3.63, 3.8) is 0 Å². The molecule has 2 rings (SSSR count). The van der Waals surface area contributed by atoms with Crippen molar-refractivity contribution in [3.05, 3.63) is 40.9 Å². The van der Waals surface area contributed by atoms with Crippen LogP contribution in [0.15, 0.2) is 29.8 Å². The first kappa shape index (κ1) is 15.1. The molecule has 1 aromatic carbocycles. The summed E-state index contributed by atoms with van der Waals surface area (Å²) in [5.74, 6) is 0.871. The first-order valence-corrected chi connectivity index (χ1v) is 7.17. The number of hydrogen-bond acceptors (Lipinski definition) is 5. The topological polar surface area (TPSA) is 60.5 Å². The van der Waals surface area contributed by atoms with E-state index in [-0.39, 0.29) is 5.91 Å². The zero-order chi connectivity index (χ0) is 15.2. The van der Waals surface area contributed by atoms with Gasteiger partial charge in [-0.1, -0.05) is 12.2 Å². The van der Waals surface area contributed by atoms with Crippen LogP contribution in [0.2, 0.25) is 0 Å². The van der Waals surface area contributed by atoms with Gasteiger partial charge in [-0.25, -0.2) is 4.98 Å². The highest BCUT2D eigenvalue weighted by Gasteiger charge is 2.15. The Labute approximate surface area is 127 Å². The van der Waals surface area contributed by atoms with E-state index >= 15 is 0 Å². The molecule has 1 aromatic heterocycles. The highest BCUT2D eigenvalue weighted by molar-refractivity contribution is 7.13. The van der Waals surface area contributed by atoms with E-state index in [1.165, 1.54) is 11.3 Å². The fourth-order valence-corrected chi connectivity index (χ4v) is 2.41. The van der Waals surface area contributed by atoms with Gasteiger partial charge < -0.3 is 9.47 Å². The Morgan fingerprint density at radius 3 is 2.71 bits per heavy atom. The third-order valence-corrected chi connectivity index (χ3v) is 3.46. The van der Waals surface area contributed by atoms with Gasteiger partial charge in [0, 0.05) is 22.7 Å². The second kappa shape index (κ2) is 6.90. The van der Waals surface area contributed by atoms with Crippen molar-refractivity contribution in [3.8, 4) is 11.5 Å². The van der Waals surface area contributed by atoms with E-state index in [1.807, 2.05) is 19.1 Å². The van der Waals surface area contributed by atoms with E-state index in [9.17, 15) is 4.79 Å². The first-order valence-electron chi connectivity index (χ1n) is 6.29. The van der Waals surface area contributed by atoms with Crippen LogP contribution >= 0.6 is 11.3 Å². The molecule has 0 saturated heterocycles. The number of nitrogens with one attached hydrogen (secondary N) is 1. The number of thiazole rings is 1. The minimum absolute atomic E-state index is 0.239. The molecular formula is C15H16N2O3S. The third kappa shape index (κ3) is 3.41. The van der Waals surface area contributed by atoms with Crippen molar-refractivity contribution >= 4 is 28.5 Å². The SMILES string of the molecule is C/C=C/c1cc(C(=O)Nc2nccs2)cc(OC)c1OC. The molecule has 0 atom stereocenters. The zero-order valence-electron chi connectivity index (χ0n) is 12.0. The van der Waals surface area contributed by atoms with Gasteiger partial charge in [0.25, 0.3) is 5.91 Å². The van der Waals surface area contributed by atoms with Gasteiger partial charge in [0.05, 0.1) is 14.2 Å². The standard InChI is InChI=1S/C15H16N2O3S/c1-4-5-10-8-11(9-12(19-2)13(10)20-3)14(18)17-15-16-6-7-21-15/h4-9H,1-3H3,(H,16,17,18)/b5-4+. The number of carbonyl (C=O) groups excluding carboxylic acids is 1. The monoisotopic (exact) mass is 304 g/mol. The number of carbonyl (C=O) groups is 1. The van der Waals surface area contributed by atoms with Gasteiger partial charge in [0.15, 0.2) is 16.6 Å². The summed E-state index contributed by atoms with van der Waals surface area (Å²) in [6.07, 6.45) is 5.38. The summed E-state index contributed by atoms with van der Waals surface area (Å²) in [5.41, 5.74) is 1.26. The van der Waals surface area contributed by atoms with Gasteiger partial charge >= 0.3 is 0 Å². The predicted molar refractivity (Wildman–Crippen MR) is 84.3 cm³/mol. The normalized spacial score (nSPS) is 10.6. The maximum Gasteiger partial charge on any atom is 0.257 e. The summed E-state index contributed by atoms with van der Waals surface area (Å²) in [7, 11) is 3.11. The van der Waals surface area contributed by atoms with Gasteiger partial charge in [-0.3, -0.25) is 10.1 Å². The van der Waals surface area contributed by atoms with Crippen molar-refractivity contribution < 1.29 is 14.3 Å². The summed E-state index contributed by atoms with van der Waals surface area (Å²) < 4.78 is 10.6. The van der Waals surface area contributed by atoms with Gasteiger partial charge in [0.1, 0.15) is 0 Å². The quantitative estimate of drug-likeness (QED) is 0.919. The summed E-state index contributed by atoms with van der Waals surface area (Å²) >= 11 is 1.37. The molecule has 0 unspecified atom stereocenters. The van der Waals surface area contributed by atoms with E-state index in [4.69, 9.17) is 9.47 Å². The number of aromatic nitrogens is 1. The highest BCUT2D eigenvalue weighted by Crippen LogP contribution is 2.33. The maximum absolute atomic E-state index is 12.3. The number of rotatable bonds is 5. The average Bonchev–Trinajstić information content (AvgIpc) is 2.99. The Bertz CT molecular complexity index is 651. The molecule has 0 spiro atoms. The predicted octanol–water partition coefficient (Wildman–Crippen LogP) is 3.45. The molecule has 0 radical (unpaired) electrons. The van der Waals surface area contributed by atoms with Crippen LogP contribution in [0.5, 0.6) is 11.5 Å². The molecule has 110 valence electrons. The lowest BCUT2D eigenvalue weighted by molar-refractivity contribution is 0.102. The molecule has 0 aliphatic heterocycles. The van der Waals surface area contributed by atoms with E-state index in [0.29, 0.717) is 22.2 Å². The molecule has 2 aromatic rings. The molecule has 0 aliphatic rings. The second-order valence-corrected chi connectivity index (χ2v) is 4.99. The number of hydrogen-bond donors (Lipinski definition) is 1. The average molecular weight is 304 g/mol. The summed E-state index contributed by atoms with van der Waals surface area (Å²) in [6, 6.07) is 3.40. The Morgan fingerprint density at radius 2 is 2.14 bits per heavy atom. The van der Waals surface area contributed by atoms with Crippen LogP contribution < -0.4 is 14.8 Å². The Kier molecular flexibility index (Phi) is 4.94. The van der Waals surface area contributed by atoms with Crippen molar-refractivity contribution in [2.24, 2.45) is 0 Å². The number of ether oxygens (including phenoxy) is 2. The Hall–Kier alpha value is -2.34. The van der Waals surface area contributed by atoms with E-state index in [2.05, 4.69) is 10.3 Å². The Morgan fingerprint density at radius 1 is 1.33 bits per heavy atom. The zero-order valence-corrected chi connectivity index (χ0v) is 12.9. The lowest BCUT2D eigenvalue weighted by Gasteiger charge is -2.13. The molecule has 5 nitrogen and oxygen atoms in total. The molecule has 0 bridgehead atoms. The number of amides is 1. The molecule has 1 amide bonds. The van der Waals surface area contributed by atoms with E-state index in [1.54, 1.807) is 37.9 Å². The van der Waals surface area contributed by atoms with Crippen LogP contribution in [0.3, 0.4) is 0 Å². The molecule has 6 heteroatoms. The summed E-state index contributed by atoms with van der Waals surface area (Å²) in [5, 5.41) is 5.10. The van der Waals surface area contributed by atoms with Crippen LogP contribution in [0, 0.1) is 0 Å². The lowest BCUT2D eigenvalue weighted by atomic mass is 10.1. The van der Waals surface area contributed by atoms with Crippen molar-refractivity contribution in [1.82, 2.24) is 4.98 Å². The minimum Gasteiger partial charge on any atom is -0.493 e.